The van der Waals surface area contributed by atoms with Gasteiger partial charge in [0.15, 0.2) is 0 Å². The van der Waals surface area contributed by atoms with Crippen molar-refractivity contribution in [3.05, 3.63) is 71.8 Å². The van der Waals surface area contributed by atoms with Gasteiger partial charge in [0, 0.05) is 26.6 Å². The Morgan fingerprint density at radius 2 is 1.59 bits per heavy atom. The lowest BCUT2D eigenvalue weighted by Crippen LogP contribution is -2.57. The van der Waals surface area contributed by atoms with Crippen LogP contribution >= 0.6 is 0 Å². The fourth-order valence-corrected chi connectivity index (χ4v) is 7.05. The normalized spacial score (nSPS) is 20.1. The van der Waals surface area contributed by atoms with E-state index in [0.29, 0.717) is 25.8 Å². The summed E-state index contributed by atoms with van der Waals surface area (Å²) < 4.78 is 5.87. The maximum atomic E-state index is 14.2. The molecule has 1 saturated carbocycles. The predicted octanol–water partition coefficient (Wildman–Crippen LogP) is 5.30. The van der Waals surface area contributed by atoms with Crippen molar-refractivity contribution in [1.82, 2.24) is 14.7 Å². The highest BCUT2D eigenvalue weighted by atomic mass is 16.6. The Bertz CT molecular complexity index is 1350. The number of likely N-dealkylation sites (N-methyl/N-ethyl adjacent to an activating group) is 2. The molecule has 1 aliphatic heterocycles. The summed E-state index contributed by atoms with van der Waals surface area (Å²) in [6.45, 7) is 0.0137. The molecule has 2 aromatic rings. The number of hydrogen-bond acceptors (Lipinski definition) is 5. The van der Waals surface area contributed by atoms with Crippen molar-refractivity contribution in [2.24, 2.45) is 5.92 Å². The van der Waals surface area contributed by atoms with Crippen molar-refractivity contribution in [3.8, 4) is 11.1 Å². The van der Waals surface area contributed by atoms with Crippen LogP contribution in [0, 0.1) is 5.92 Å². The molecule has 2 aromatic carbocycles. The van der Waals surface area contributed by atoms with Gasteiger partial charge in [0.25, 0.3) is 0 Å². The van der Waals surface area contributed by atoms with Gasteiger partial charge in [0.1, 0.15) is 25.2 Å². The van der Waals surface area contributed by atoms with Gasteiger partial charge in [-0.25, -0.2) is 4.79 Å². The van der Waals surface area contributed by atoms with E-state index in [4.69, 9.17) is 4.74 Å². The summed E-state index contributed by atoms with van der Waals surface area (Å²) in [4.78, 5) is 57.0. The van der Waals surface area contributed by atoms with Gasteiger partial charge < -0.3 is 19.6 Å². The molecule has 0 radical (unpaired) electrons. The number of fused-ring (bicyclic) bond motifs is 3. The fraction of sp³-hybridized carbons (Fsp3) is 0.486. The molecule has 234 valence electrons. The van der Waals surface area contributed by atoms with Crippen LogP contribution < -0.4 is 0 Å². The highest BCUT2D eigenvalue weighted by Crippen LogP contribution is 2.44. The van der Waals surface area contributed by atoms with E-state index in [0.717, 1.165) is 54.4 Å². The second-order valence-electron chi connectivity index (χ2n) is 12.3. The first-order chi connectivity index (χ1) is 21.3. The Kier molecular flexibility index (Phi) is 10.0. The van der Waals surface area contributed by atoms with Crippen LogP contribution in [0.15, 0.2) is 60.7 Å². The maximum absolute atomic E-state index is 14.2. The number of carbonyl (C=O) groups is 4. The number of aliphatic carboxylic acids is 1. The summed E-state index contributed by atoms with van der Waals surface area (Å²) in [5.41, 5.74) is 4.48. The third kappa shape index (κ3) is 6.82. The maximum Gasteiger partial charge on any atom is 0.410 e. The number of carboxylic acid groups (broad SMARTS) is 1. The number of benzene rings is 2. The molecular weight excluding hydrogens is 558 g/mol. The SMILES string of the molecule is CN(CC(=O)O)C(=O)[C@H](CC1CCCCC1)N1CC/C=C\C[C@H](N(C)C(=O)OCC2c3ccccc3-c3ccccc32)C1=O. The number of nitrogens with zero attached hydrogens (tertiary/aromatic N) is 3. The summed E-state index contributed by atoms with van der Waals surface area (Å²) in [5.74, 6) is -1.62. The van der Waals surface area contributed by atoms with Crippen LogP contribution in [0.5, 0.6) is 0 Å². The molecule has 9 heteroatoms. The number of carbonyl (C=O) groups excluding carboxylic acids is 3. The third-order valence-electron chi connectivity index (χ3n) is 9.41. The van der Waals surface area contributed by atoms with Crippen LogP contribution in [-0.4, -0.2) is 89.6 Å². The molecule has 0 saturated heterocycles. The number of carboxylic acids is 1. The van der Waals surface area contributed by atoms with Gasteiger partial charge >= 0.3 is 12.1 Å². The van der Waals surface area contributed by atoms with Crippen molar-refractivity contribution in [3.63, 3.8) is 0 Å². The van der Waals surface area contributed by atoms with Gasteiger partial charge in [-0.05, 0) is 47.4 Å². The van der Waals surface area contributed by atoms with E-state index in [1.54, 1.807) is 11.9 Å². The zero-order valence-corrected chi connectivity index (χ0v) is 25.7. The van der Waals surface area contributed by atoms with Gasteiger partial charge in [-0.2, -0.15) is 0 Å². The van der Waals surface area contributed by atoms with Crippen LogP contribution in [0.1, 0.15) is 68.4 Å². The molecular formula is C35H43N3O6. The van der Waals surface area contributed by atoms with E-state index in [1.807, 2.05) is 36.4 Å². The van der Waals surface area contributed by atoms with E-state index in [1.165, 1.54) is 16.8 Å². The molecule has 1 heterocycles. The third-order valence-corrected chi connectivity index (χ3v) is 9.41. The predicted molar refractivity (Wildman–Crippen MR) is 167 cm³/mol. The Hall–Kier alpha value is -4.14. The average molecular weight is 602 g/mol. The lowest BCUT2D eigenvalue weighted by atomic mass is 9.84. The van der Waals surface area contributed by atoms with Gasteiger partial charge in [-0.15, -0.1) is 0 Å². The molecule has 9 nitrogen and oxygen atoms in total. The quantitative estimate of drug-likeness (QED) is 0.391. The summed E-state index contributed by atoms with van der Waals surface area (Å²) in [7, 11) is 3.04. The zero-order chi connectivity index (χ0) is 31.2. The number of amides is 3. The van der Waals surface area contributed by atoms with Crippen molar-refractivity contribution in [2.45, 2.75) is 69.4 Å². The molecule has 3 amide bonds. The molecule has 0 unspecified atom stereocenters. The minimum absolute atomic E-state index is 0.105. The van der Waals surface area contributed by atoms with E-state index in [-0.39, 0.29) is 30.3 Å². The van der Waals surface area contributed by atoms with Crippen LogP contribution in [0.2, 0.25) is 0 Å². The molecule has 2 aliphatic carbocycles. The topological polar surface area (TPSA) is 107 Å². The summed E-state index contributed by atoms with van der Waals surface area (Å²) >= 11 is 0. The number of ether oxygens (including phenoxy) is 1. The van der Waals surface area contributed by atoms with Gasteiger partial charge in [-0.1, -0.05) is 92.8 Å². The first kappa shape index (κ1) is 31.3. The largest absolute Gasteiger partial charge is 0.480 e. The van der Waals surface area contributed by atoms with Crippen LogP contribution in [0.25, 0.3) is 11.1 Å². The van der Waals surface area contributed by atoms with E-state index >= 15 is 0 Å². The Balaban J connectivity index is 1.33. The smallest absolute Gasteiger partial charge is 0.410 e. The Morgan fingerprint density at radius 3 is 2.23 bits per heavy atom. The van der Waals surface area contributed by atoms with Gasteiger partial charge in [0.2, 0.25) is 11.8 Å². The minimum Gasteiger partial charge on any atom is -0.480 e. The van der Waals surface area contributed by atoms with Gasteiger partial charge in [0.05, 0.1) is 0 Å². The lowest BCUT2D eigenvalue weighted by molar-refractivity contribution is -0.151. The van der Waals surface area contributed by atoms with Gasteiger partial charge in [-0.3, -0.25) is 19.3 Å². The van der Waals surface area contributed by atoms with E-state index in [2.05, 4.69) is 24.3 Å². The standard InChI is InChI=1S/C35H43N3O6/c1-36(22-32(39)40)33(41)31(21-24-13-5-3-6-14-24)38-20-12-4-7-19-30(34(38)42)37(2)35(43)44-23-29-27-17-10-8-15-25(27)26-16-9-11-18-28(26)29/h4,7-11,15-18,24,29-31H,3,5-6,12-14,19-23H2,1-2H3,(H,39,40)/b7-4-/t30-,31-/m0/s1. The molecule has 1 N–H and O–H groups in total. The molecule has 1 fully saturated rings. The van der Waals surface area contributed by atoms with Crippen LogP contribution in [0.4, 0.5) is 4.79 Å². The summed E-state index contributed by atoms with van der Waals surface area (Å²) in [6.07, 6.45) is 9.93. The Morgan fingerprint density at radius 1 is 0.955 bits per heavy atom. The van der Waals surface area contributed by atoms with Crippen molar-refractivity contribution >= 4 is 23.9 Å². The highest BCUT2D eigenvalue weighted by molar-refractivity contribution is 5.92. The molecule has 0 aromatic heterocycles. The molecule has 2 atom stereocenters. The first-order valence-electron chi connectivity index (χ1n) is 15.8. The number of hydrogen-bond donors (Lipinski definition) is 1. The fourth-order valence-electron chi connectivity index (χ4n) is 7.05. The molecule has 3 aliphatic rings. The van der Waals surface area contributed by atoms with Crippen molar-refractivity contribution < 1.29 is 29.0 Å². The molecule has 0 bridgehead atoms. The second kappa shape index (κ2) is 14.1. The number of rotatable bonds is 9. The second-order valence-corrected chi connectivity index (χ2v) is 12.3. The first-order valence-corrected chi connectivity index (χ1v) is 15.8. The zero-order valence-electron chi connectivity index (χ0n) is 25.7. The van der Waals surface area contributed by atoms with Crippen molar-refractivity contribution in [2.75, 3.05) is 33.8 Å². The molecule has 44 heavy (non-hydrogen) atoms. The summed E-state index contributed by atoms with van der Waals surface area (Å²) in [5, 5.41) is 9.35. The minimum atomic E-state index is -1.10. The van der Waals surface area contributed by atoms with Crippen LogP contribution in [-0.2, 0) is 19.1 Å². The van der Waals surface area contributed by atoms with E-state index < -0.39 is 30.7 Å². The molecule has 5 rings (SSSR count). The van der Waals surface area contributed by atoms with E-state index in [9.17, 15) is 24.3 Å². The molecule has 0 spiro atoms. The van der Waals surface area contributed by atoms with Crippen molar-refractivity contribution in [1.29, 1.82) is 0 Å². The Labute approximate surface area is 259 Å². The van der Waals surface area contributed by atoms with Crippen LogP contribution in [0.3, 0.4) is 0 Å². The highest BCUT2D eigenvalue weighted by Gasteiger charge is 2.40. The summed E-state index contributed by atoms with van der Waals surface area (Å²) in [6, 6.07) is 14.6. The average Bonchev–Trinajstić information content (AvgIpc) is 3.34. The monoisotopic (exact) mass is 601 g/mol. The lowest BCUT2D eigenvalue weighted by Gasteiger charge is -2.39.